The molecule has 2 amide bonds. The van der Waals surface area contributed by atoms with Crippen LogP contribution in [0.1, 0.15) is 39.7 Å². The second-order valence-electron chi connectivity index (χ2n) is 10.7. The number of hydrogen-bond donors (Lipinski definition) is 1. The summed E-state index contributed by atoms with van der Waals surface area (Å²) in [6.07, 6.45) is 0.846. The molecular weight excluding hydrogens is 562 g/mol. The van der Waals surface area contributed by atoms with Gasteiger partial charge in [0.25, 0.3) is 10.0 Å². The molecule has 0 aliphatic heterocycles. The molecule has 0 unspecified atom stereocenters. The normalized spacial score (nSPS) is 12.3. The fourth-order valence-corrected chi connectivity index (χ4v) is 5.97. The Kier molecular flexibility index (Phi) is 10.8. The summed E-state index contributed by atoms with van der Waals surface area (Å²) in [5.41, 5.74) is 0.717. The minimum atomic E-state index is -4.20. The number of anilines is 1. The third-order valence-electron chi connectivity index (χ3n) is 6.39. The van der Waals surface area contributed by atoms with E-state index in [9.17, 15) is 18.0 Å². The molecule has 0 aliphatic rings. The zero-order valence-corrected chi connectivity index (χ0v) is 25.7. The molecule has 3 aromatic rings. The Hall–Kier alpha value is -3.56. The lowest BCUT2D eigenvalue weighted by atomic mass is 10.1. The van der Waals surface area contributed by atoms with Crippen LogP contribution in [0.5, 0.6) is 5.75 Å². The third-order valence-corrected chi connectivity index (χ3v) is 8.41. The molecule has 41 heavy (non-hydrogen) atoms. The first kappa shape index (κ1) is 32.0. The van der Waals surface area contributed by atoms with Gasteiger partial charge in [-0.1, -0.05) is 54.9 Å². The number of nitrogens with one attached hydrogen (secondary N) is 1. The van der Waals surface area contributed by atoms with Gasteiger partial charge in [0, 0.05) is 17.1 Å². The van der Waals surface area contributed by atoms with Crippen LogP contribution in [0.25, 0.3) is 0 Å². The maximum absolute atomic E-state index is 14.1. The molecule has 220 valence electrons. The number of halogens is 1. The minimum Gasteiger partial charge on any atom is -0.497 e. The Balaban J connectivity index is 2.02. The van der Waals surface area contributed by atoms with Gasteiger partial charge in [-0.15, -0.1) is 0 Å². The Morgan fingerprint density at radius 1 is 0.976 bits per heavy atom. The quantitative estimate of drug-likeness (QED) is 0.304. The van der Waals surface area contributed by atoms with E-state index in [1.807, 2.05) is 58.0 Å². The van der Waals surface area contributed by atoms with E-state index in [-0.39, 0.29) is 23.0 Å². The number of benzene rings is 3. The van der Waals surface area contributed by atoms with Crippen molar-refractivity contribution in [3.05, 3.63) is 89.4 Å². The fourth-order valence-electron chi connectivity index (χ4n) is 4.38. The van der Waals surface area contributed by atoms with Crippen molar-refractivity contribution in [3.63, 3.8) is 0 Å². The summed E-state index contributed by atoms with van der Waals surface area (Å²) < 4.78 is 34.1. The molecular formula is C31H38ClN3O5S. The first-order valence-corrected chi connectivity index (χ1v) is 15.3. The van der Waals surface area contributed by atoms with Gasteiger partial charge in [-0.05, 0) is 81.6 Å². The Morgan fingerprint density at radius 2 is 1.63 bits per heavy atom. The van der Waals surface area contributed by atoms with Crippen LogP contribution in [-0.4, -0.2) is 56.9 Å². The summed E-state index contributed by atoms with van der Waals surface area (Å²) >= 11 is 6.23. The summed E-state index contributed by atoms with van der Waals surface area (Å²) in [4.78, 5) is 28.9. The fraction of sp³-hybridized carbons (Fsp3) is 0.355. The zero-order chi connectivity index (χ0) is 30.2. The highest BCUT2D eigenvalue weighted by molar-refractivity contribution is 7.92. The largest absolute Gasteiger partial charge is 0.497 e. The van der Waals surface area contributed by atoms with E-state index in [0.29, 0.717) is 23.6 Å². The summed E-state index contributed by atoms with van der Waals surface area (Å²) in [6, 6.07) is 21.1. The lowest BCUT2D eigenvalue weighted by Gasteiger charge is -2.34. The van der Waals surface area contributed by atoms with E-state index in [1.165, 1.54) is 30.2 Å². The Bertz CT molecular complexity index is 1420. The van der Waals surface area contributed by atoms with Crippen LogP contribution in [-0.2, 0) is 26.0 Å². The second kappa shape index (κ2) is 13.9. The van der Waals surface area contributed by atoms with E-state index < -0.39 is 34.1 Å². The predicted octanol–water partition coefficient (Wildman–Crippen LogP) is 5.31. The number of rotatable bonds is 12. The van der Waals surface area contributed by atoms with Gasteiger partial charge in [0.1, 0.15) is 18.3 Å². The summed E-state index contributed by atoms with van der Waals surface area (Å²) in [6.45, 7) is 7.15. The van der Waals surface area contributed by atoms with E-state index in [1.54, 1.807) is 30.3 Å². The molecule has 0 radical (unpaired) electrons. The zero-order valence-electron chi connectivity index (χ0n) is 24.1. The number of ether oxygens (including phenoxy) is 1. The molecule has 0 aliphatic carbocycles. The van der Waals surface area contributed by atoms with Gasteiger partial charge in [-0.2, -0.15) is 0 Å². The van der Waals surface area contributed by atoms with Crippen molar-refractivity contribution in [1.82, 2.24) is 10.2 Å². The van der Waals surface area contributed by atoms with Crippen LogP contribution in [0.3, 0.4) is 0 Å². The van der Waals surface area contributed by atoms with Crippen molar-refractivity contribution in [2.75, 3.05) is 24.5 Å². The van der Waals surface area contributed by atoms with Gasteiger partial charge >= 0.3 is 0 Å². The van der Waals surface area contributed by atoms with E-state index in [0.717, 1.165) is 9.87 Å². The second-order valence-corrected chi connectivity index (χ2v) is 13.0. The highest BCUT2D eigenvalue weighted by Crippen LogP contribution is 2.28. The molecule has 0 saturated heterocycles. The van der Waals surface area contributed by atoms with E-state index in [2.05, 4.69) is 5.32 Å². The van der Waals surface area contributed by atoms with Gasteiger partial charge in [-0.25, -0.2) is 8.42 Å². The number of methoxy groups -OCH3 is 1. The predicted molar refractivity (Wildman–Crippen MR) is 163 cm³/mol. The average Bonchev–Trinajstić information content (AvgIpc) is 2.93. The van der Waals surface area contributed by atoms with Crippen molar-refractivity contribution in [2.45, 2.75) is 57.0 Å². The van der Waals surface area contributed by atoms with Gasteiger partial charge in [0.2, 0.25) is 11.8 Å². The molecule has 0 heterocycles. The molecule has 1 atom stereocenters. The van der Waals surface area contributed by atoms with Crippen LogP contribution in [0, 0.1) is 0 Å². The maximum atomic E-state index is 14.1. The number of carbonyl (C=O) groups excluding carboxylic acids is 2. The SMILES string of the molecule is CC[C@@H](C(=O)NC(C)(C)C)N(CCc1ccccc1)C(=O)CN(c1cccc(Cl)c1)S(=O)(=O)c1ccc(OC)cc1. The summed E-state index contributed by atoms with van der Waals surface area (Å²) in [5, 5.41) is 3.29. The molecule has 0 aromatic heterocycles. The molecule has 0 spiro atoms. The third kappa shape index (κ3) is 8.71. The number of carbonyl (C=O) groups is 2. The molecule has 10 heteroatoms. The van der Waals surface area contributed by atoms with Crippen molar-refractivity contribution in [1.29, 1.82) is 0 Å². The Labute approximate surface area is 248 Å². The topological polar surface area (TPSA) is 96.0 Å². The van der Waals surface area contributed by atoms with Crippen molar-refractivity contribution < 1.29 is 22.7 Å². The molecule has 8 nitrogen and oxygen atoms in total. The highest BCUT2D eigenvalue weighted by atomic mass is 35.5. The van der Waals surface area contributed by atoms with Gasteiger partial charge in [0.15, 0.2) is 0 Å². The lowest BCUT2D eigenvalue weighted by molar-refractivity contribution is -0.140. The maximum Gasteiger partial charge on any atom is 0.264 e. The standard InChI is InChI=1S/C31H38ClN3O5S/c1-6-28(30(37)33-31(2,3)4)34(20-19-23-11-8-7-9-12-23)29(36)22-35(25-14-10-13-24(32)21-25)41(38,39)27-17-15-26(40-5)16-18-27/h7-18,21,28H,6,19-20,22H2,1-5H3,(H,33,37)/t28-/m0/s1. The smallest absolute Gasteiger partial charge is 0.264 e. The number of hydrogen-bond acceptors (Lipinski definition) is 5. The van der Waals surface area contributed by atoms with Crippen molar-refractivity contribution in [3.8, 4) is 5.75 Å². The number of sulfonamides is 1. The van der Waals surface area contributed by atoms with Gasteiger partial charge < -0.3 is 15.0 Å². The molecule has 0 fully saturated rings. The minimum absolute atomic E-state index is 0.0144. The first-order valence-electron chi connectivity index (χ1n) is 13.4. The monoisotopic (exact) mass is 599 g/mol. The van der Waals surface area contributed by atoms with E-state index in [4.69, 9.17) is 16.3 Å². The van der Waals surface area contributed by atoms with Crippen molar-refractivity contribution >= 4 is 39.1 Å². The number of nitrogens with zero attached hydrogens (tertiary/aromatic N) is 2. The van der Waals surface area contributed by atoms with Crippen molar-refractivity contribution in [2.24, 2.45) is 0 Å². The average molecular weight is 600 g/mol. The first-order chi connectivity index (χ1) is 19.4. The molecule has 0 bridgehead atoms. The number of amides is 2. The molecule has 3 rings (SSSR count). The lowest BCUT2D eigenvalue weighted by Crippen LogP contribution is -2.56. The summed E-state index contributed by atoms with van der Waals surface area (Å²) in [7, 11) is -2.71. The summed E-state index contributed by atoms with van der Waals surface area (Å²) in [5.74, 6) is -0.306. The van der Waals surface area contributed by atoms with Crippen LogP contribution >= 0.6 is 11.6 Å². The van der Waals surface area contributed by atoms with Crippen LogP contribution in [0.15, 0.2) is 83.8 Å². The Morgan fingerprint density at radius 3 is 2.20 bits per heavy atom. The molecule has 0 saturated carbocycles. The van der Waals surface area contributed by atoms with Gasteiger partial charge in [-0.3, -0.25) is 13.9 Å². The molecule has 3 aromatic carbocycles. The van der Waals surface area contributed by atoms with Crippen LogP contribution in [0.2, 0.25) is 5.02 Å². The highest BCUT2D eigenvalue weighted by Gasteiger charge is 2.34. The van der Waals surface area contributed by atoms with Crippen LogP contribution in [0.4, 0.5) is 5.69 Å². The van der Waals surface area contributed by atoms with Crippen LogP contribution < -0.4 is 14.4 Å². The molecule has 1 N–H and O–H groups in total. The van der Waals surface area contributed by atoms with Gasteiger partial charge in [0.05, 0.1) is 17.7 Å². The van der Waals surface area contributed by atoms with E-state index >= 15 is 0 Å².